The summed E-state index contributed by atoms with van der Waals surface area (Å²) < 4.78 is 4.87. The Morgan fingerprint density at radius 3 is 2.57 bits per heavy atom. The first-order valence-electron chi connectivity index (χ1n) is 5.34. The zero-order chi connectivity index (χ0) is 10.4. The minimum atomic E-state index is -0.188. The van der Waals surface area contributed by atoms with Crippen LogP contribution in [0.25, 0.3) is 0 Å². The first-order chi connectivity index (χ1) is 6.76. The summed E-state index contributed by atoms with van der Waals surface area (Å²) in [5.74, 6) is -0.188. The van der Waals surface area contributed by atoms with Gasteiger partial charge in [-0.3, -0.25) is 0 Å². The minimum absolute atomic E-state index is 0.188. The number of hydrogen-bond donors (Lipinski definition) is 0. The molecule has 0 aromatic heterocycles. The van der Waals surface area contributed by atoms with Gasteiger partial charge < -0.3 is 9.64 Å². The van der Waals surface area contributed by atoms with Crippen molar-refractivity contribution in [1.29, 1.82) is 0 Å². The van der Waals surface area contributed by atoms with E-state index in [1.54, 1.807) is 6.08 Å². The molecule has 0 bridgehead atoms. The molecule has 0 amide bonds. The van der Waals surface area contributed by atoms with Crippen molar-refractivity contribution in [2.24, 2.45) is 0 Å². The van der Waals surface area contributed by atoms with Crippen LogP contribution in [0, 0.1) is 0 Å². The Balaban J connectivity index is 2.36. The summed E-state index contributed by atoms with van der Waals surface area (Å²) in [5, 5.41) is 0. The van der Waals surface area contributed by atoms with Crippen LogP contribution < -0.4 is 0 Å². The van der Waals surface area contributed by atoms with E-state index in [4.69, 9.17) is 4.74 Å². The first-order valence-corrected chi connectivity index (χ1v) is 5.34. The lowest BCUT2D eigenvalue weighted by Crippen LogP contribution is -2.30. The van der Waals surface area contributed by atoms with E-state index >= 15 is 0 Å². The molecular weight excluding hydrogens is 178 g/mol. The highest BCUT2D eigenvalue weighted by molar-refractivity contribution is 5.82. The molecule has 0 radical (unpaired) electrons. The van der Waals surface area contributed by atoms with Crippen molar-refractivity contribution in [3.8, 4) is 0 Å². The topological polar surface area (TPSA) is 29.5 Å². The summed E-state index contributed by atoms with van der Waals surface area (Å²) in [7, 11) is 0. The average molecular weight is 197 g/mol. The van der Waals surface area contributed by atoms with E-state index in [-0.39, 0.29) is 5.97 Å². The van der Waals surface area contributed by atoms with Crippen molar-refractivity contribution in [3.63, 3.8) is 0 Å². The molecule has 0 unspecified atom stereocenters. The maximum Gasteiger partial charge on any atom is 0.330 e. The van der Waals surface area contributed by atoms with E-state index in [9.17, 15) is 4.79 Å². The van der Waals surface area contributed by atoms with Gasteiger partial charge in [0.25, 0.3) is 0 Å². The SMILES string of the molecule is CCOC(=O)C=C1CCN(CC)CC1. The second kappa shape index (κ2) is 5.81. The van der Waals surface area contributed by atoms with Gasteiger partial charge in [-0.25, -0.2) is 4.79 Å². The van der Waals surface area contributed by atoms with E-state index < -0.39 is 0 Å². The molecule has 1 heterocycles. The van der Waals surface area contributed by atoms with Gasteiger partial charge in [0.05, 0.1) is 6.61 Å². The molecule has 0 saturated carbocycles. The maximum absolute atomic E-state index is 11.2. The molecule has 3 heteroatoms. The summed E-state index contributed by atoms with van der Waals surface area (Å²) in [5.41, 5.74) is 1.23. The molecule has 0 spiro atoms. The number of piperidine rings is 1. The van der Waals surface area contributed by atoms with Crippen molar-refractivity contribution in [3.05, 3.63) is 11.6 Å². The zero-order valence-electron chi connectivity index (χ0n) is 9.08. The number of carbonyl (C=O) groups excluding carboxylic acids is 1. The highest BCUT2D eigenvalue weighted by Gasteiger charge is 2.12. The normalized spacial score (nSPS) is 18.0. The van der Waals surface area contributed by atoms with E-state index in [1.807, 2.05) is 6.92 Å². The number of likely N-dealkylation sites (tertiary alicyclic amines) is 1. The second-order valence-corrected chi connectivity index (χ2v) is 3.49. The number of carbonyl (C=O) groups is 1. The smallest absolute Gasteiger partial charge is 0.330 e. The summed E-state index contributed by atoms with van der Waals surface area (Å²) in [6, 6.07) is 0. The standard InChI is InChI=1S/C11H19NO2/c1-3-12-7-5-10(6-8-12)9-11(13)14-4-2/h9H,3-8H2,1-2H3. The summed E-state index contributed by atoms with van der Waals surface area (Å²) in [6.45, 7) is 7.70. The number of ether oxygens (including phenoxy) is 1. The van der Waals surface area contributed by atoms with Crippen LogP contribution in [0.4, 0.5) is 0 Å². The molecule has 3 nitrogen and oxygen atoms in total. The van der Waals surface area contributed by atoms with E-state index in [1.165, 1.54) is 5.57 Å². The minimum Gasteiger partial charge on any atom is -0.463 e. The average Bonchev–Trinajstić information content (AvgIpc) is 2.19. The number of hydrogen-bond acceptors (Lipinski definition) is 3. The summed E-state index contributed by atoms with van der Waals surface area (Å²) in [4.78, 5) is 13.5. The van der Waals surface area contributed by atoms with Gasteiger partial charge in [0.1, 0.15) is 0 Å². The maximum atomic E-state index is 11.2. The Morgan fingerprint density at radius 2 is 2.07 bits per heavy atom. The van der Waals surface area contributed by atoms with Gasteiger partial charge >= 0.3 is 5.97 Å². The van der Waals surface area contributed by atoms with Crippen molar-refractivity contribution in [2.45, 2.75) is 26.7 Å². The van der Waals surface area contributed by atoms with Crippen LogP contribution in [0.5, 0.6) is 0 Å². The Labute approximate surface area is 85.7 Å². The largest absolute Gasteiger partial charge is 0.463 e. The van der Waals surface area contributed by atoms with Crippen LogP contribution in [0.3, 0.4) is 0 Å². The molecule has 1 aliphatic heterocycles. The molecule has 1 fully saturated rings. The molecular formula is C11H19NO2. The Kier molecular flexibility index (Phi) is 4.66. The molecule has 0 aromatic carbocycles. The van der Waals surface area contributed by atoms with Gasteiger partial charge in [0, 0.05) is 19.2 Å². The highest BCUT2D eigenvalue weighted by atomic mass is 16.5. The van der Waals surface area contributed by atoms with Crippen LogP contribution in [0.2, 0.25) is 0 Å². The summed E-state index contributed by atoms with van der Waals surface area (Å²) >= 11 is 0. The highest BCUT2D eigenvalue weighted by Crippen LogP contribution is 2.15. The fourth-order valence-electron chi connectivity index (χ4n) is 1.65. The van der Waals surface area contributed by atoms with Crippen LogP contribution in [-0.4, -0.2) is 37.1 Å². The van der Waals surface area contributed by atoms with Crippen LogP contribution in [-0.2, 0) is 9.53 Å². The molecule has 0 N–H and O–H groups in total. The van der Waals surface area contributed by atoms with Crippen molar-refractivity contribution in [2.75, 3.05) is 26.2 Å². The first kappa shape index (κ1) is 11.2. The number of nitrogens with zero attached hydrogens (tertiary/aromatic N) is 1. The molecule has 1 saturated heterocycles. The zero-order valence-corrected chi connectivity index (χ0v) is 9.08. The van der Waals surface area contributed by atoms with Crippen LogP contribution >= 0.6 is 0 Å². The Morgan fingerprint density at radius 1 is 1.43 bits per heavy atom. The fourth-order valence-corrected chi connectivity index (χ4v) is 1.65. The molecule has 80 valence electrons. The quantitative estimate of drug-likeness (QED) is 0.508. The van der Waals surface area contributed by atoms with Gasteiger partial charge in [-0.1, -0.05) is 12.5 Å². The third kappa shape index (κ3) is 3.50. The van der Waals surface area contributed by atoms with Gasteiger partial charge in [-0.05, 0) is 26.3 Å². The van der Waals surface area contributed by atoms with Crippen LogP contribution in [0.1, 0.15) is 26.7 Å². The Hall–Kier alpha value is -0.830. The molecule has 0 aromatic rings. The molecule has 14 heavy (non-hydrogen) atoms. The lowest BCUT2D eigenvalue weighted by molar-refractivity contribution is -0.137. The number of esters is 1. The molecule has 0 atom stereocenters. The van der Waals surface area contributed by atoms with Gasteiger partial charge in [-0.15, -0.1) is 0 Å². The Bertz CT molecular complexity index is 213. The predicted octanol–water partition coefficient (Wildman–Crippen LogP) is 1.59. The monoisotopic (exact) mass is 197 g/mol. The lowest BCUT2D eigenvalue weighted by atomic mass is 10.0. The van der Waals surface area contributed by atoms with Gasteiger partial charge in [0.2, 0.25) is 0 Å². The lowest BCUT2D eigenvalue weighted by Gasteiger charge is -2.26. The van der Waals surface area contributed by atoms with Gasteiger partial charge in [-0.2, -0.15) is 0 Å². The molecule has 1 rings (SSSR count). The van der Waals surface area contributed by atoms with E-state index in [0.29, 0.717) is 6.61 Å². The van der Waals surface area contributed by atoms with E-state index in [2.05, 4.69) is 11.8 Å². The van der Waals surface area contributed by atoms with E-state index in [0.717, 1.165) is 32.5 Å². The third-order valence-corrected chi connectivity index (χ3v) is 2.55. The van der Waals surface area contributed by atoms with Crippen LogP contribution in [0.15, 0.2) is 11.6 Å². The predicted molar refractivity (Wildman–Crippen MR) is 56.1 cm³/mol. The molecule has 0 aliphatic carbocycles. The van der Waals surface area contributed by atoms with Crippen molar-refractivity contribution in [1.82, 2.24) is 4.90 Å². The fraction of sp³-hybridized carbons (Fsp3) is 0.727. The third-order valence-electron chi connectivity index (χ3n) is 2.55. The van der Waals surface area contributed by atoms with Crippen molar-refractivity contribution >= 4 is 5.97 Å². The van der Waals surface area contributed by atoms with Gasteiger partial charge in [0.15, 0.2) is 0 Å². The number of rotatable bonds is 3. The summed E-state index contributed by atoms with van der Waals surface area (Å²) in [6.07, 6.45) is 3.68. The molecule has 1 aliphatic rings. The second-order valence-electron chi connectivity index (χ2n) is 3.49. The van der Waals surface area contributed by atoms with Crippen molar-refractivity contribution < 1.29 is 9.53 Å².